The second-order valence-electron chi connectivity index (χ2n) is 5.80. The maximum Gasteiger partial charge on any atom is 0.338 e. The van der Waals surface area contributed by atoms with Crippen LogP contribution in [0.25, 0.3) is 0 Å². The van der Waals surface area contributed by atoms with Crippen LogP contribution in [0.15, 0.2) is 33.7 Å². The van der Waals surface area contributed by atoms with E-state index in [1.165, 1.54) is 6.20 Å². The van der Waals surface area contributed by atoms with Gasteiger partial charge in [0.15, 0.2) is 11.6 Å². The Balaban J connectivity index is 0.000000667. The molecule has 7 nitrogen and oxygen atoms in total. The maximum absolute atomic E-state index is 12.6. The zero-order valence-electron chi connectivity index (χ0n) is 21.0. The Kier molecular flexibility index (Phi) is 42.2. The molecule has 0 spiro atoms. The Morgan fingerprint density at radius 1 is 0.822 bits per heavy atom. The van der Waals surface area contributed by atoms with Crippen LogP contribution in [0.4, 0.5) is 4.39 Å². The molecule has 2 aromatic rings. The summed E-state index contributed by atoms with van der Waals surface area (Å²) in [6.45, 7) is 4.42. The molecule has 0 unspecified atom stereocenters. The number of carboxylic acids is 1. The van der Waals surface area contributed by atoms with E-state index in [9.17, 15) is 14.0 Å². The van der Waals surface area contributed by atoms with E-state index in [0.29, 0.717) is 47.0 Å². The third-order valence-electron chi connectivity index (χ3n) is 3.29. The van der Waals surface area contributed by atoms with Crippen LogP contribution in [0.2, 0.25) is 0 Å². The third kappa shape index (κ3) is 24.1. The fourth-order valence-corrected chi connectivity index (χ4v) is 2730. The molecular weight excluding hydrogens is 2890 g/mol. The Labute approximate surface area is 412 Å². The van der Waals surface area contributed by atoms with Crippen LogP contribution >= 0.6 is 281 Å². The molecule has 1 N–H and O–H groups in total. The van der Waals surface area contributed by atoms with Crippen molar-refractivity contribution in [1.82, 2.24) is 9.97 Å². The number of aromatic nitrogens is 2. The second kappa shape index (κ2) is 33.4. The standard InChI is InChI=1S/C10H12BrNO3.C6H3BrFNO2.I19/c1-3-14-8-6-12-9(11)5-7(8)10(13)15-4-2;7-5-1-3(6(10)11)4(8)2-9-5;1-11-13(4)15(6)17(8)19(10)18(9)16(7)14(5)12(2)3/h5-6H,3-4H2,1-2H3;1-2H,(H,10,11);/q;;-1. The minimum atomic E-state index is -1.30. The van der Waals surface area contributed by atoms with E-state index in [1.807, 2.05) is 6.92 Å². The van der Waals surface area contributed by atoms with Crippen molar-refractivity contribution in [3.63, 3.8) is 0 Å². The minimum absolute atomic E-state index is 0.302. The molecule has 0 saturated carbocycles. The van der Waals surface area contributed by atoms with E-state index < -0.39 is 25.7 Å². The van der Waals surface area contributed by atoms with Gasteiger partial charge in [-0.25, -0.2) is 23.9 Å². The fraction of sp³-hybridized carbons (Fsp3) is 0.250. The van der Waals surface area contributed by atoms with Gasteiger partial charge in [0.2, 0.25) is 0 Å². The molecule has 0 radical (unpaired) electrons. The summed E-state index contributed by atoms with van der Waals surface area (Å²) in [6.07, 6.45) is 2.35. The fourth-order valence-electron chi connectivity index (χ4n) is 1.83. The predicted molar refractivity (Wildman–Crippen MR) is 350 cm³/mol. The van der Waals surface area contributed by atoms with Gasteiger partial charge < -0.3 is 14.6 Å². The van der Waals surface area contributed by atoms with Crippen LogP contribution in [-0.4, -0.2) is 40.2 Å². The third-order valence-corrected chi connectivity index (χ3v) is 1240. The number of halogens is 22. The largest absolute Gasteiger partial charge is 0.478 e. The molecule has 0 aliphatic heterocycles. The molecule has 2 aromatic heterocycles. The number of carboxylic acid groups (broad SMARTS) is 1. The summed E-state index contributed by atoms with van der Waals surface area (Å²) in [6, 6.07) is 2.70. The number of pyridine rings is 2. The number of hydrogen-bond acceptors (Lipinski definition) is 6. The van der Waals surface area contributed by atoms with E-state index in [1.54, 1.807) is 13.0 Å². The first kappa shape index (κ1) is 56.8. The number of carbonyl (C=O) groups is 2. The predicted octanol–water partition coefficient (Wildman–Crippen LogP) is 17.0. The van der Waals surface area contributed by atoms with Crippen LogP contribution in [0, 0.1) is 5.82 Å². The monoisotopic (exact) mass is 2900 g/mol. The van der Waals surface area contributed by atoms with Gasteiger partial charge in [-0.2, -0.15) is 0 Å². The quantitative estimate of drug-likeness (QED) is 0.121. The first-order valence-corrected chi connectivity index (χ1v) is 125. The van der Waals surface area contributed by atoms with Crippen molar-refractivity contribution in [2.24, 2.45) is 0 Å². The average Bonchev–Trinajstić information content (AvgIpc) is 3.01. The van der Waals surface area contributed by atoms with Gasteiger partial charge in [-0.05, 0) is 57.8 Å². The Bertz CT molecular complexity index is 1220. The van der Waals surface area contributed by atoms with Gasteiger partial charge in [-0.1, -0.05) is 0 Å². The number of esters is 1. The molecule has 29 heteroatoms. The number of carbonyl (C=O) groups excluding carboxylic acids is 1. The van der Waals surface area contributed by atoms with Gasteiger partial charge in [-0.3, -0.25) is 0 Å². The summed E-state index contributed by atoms with van der Waals surface area (Å²) in [5.74, 6) is -2.09. The molecule has 2 rings (SSSR count). The molecule has 0 aliphatic rings. The van der Waals surface area contributed by atoms with Gasteiger partial charge >= 0.3 is 275 Å². The summed E-state index contributed by atoms with van der Waals surface area (Å²) < 4.78 is 23.6. The molecule has 0 atom stereocenters. The second-order valence-corrected chi connectivity index (χ2v) is 414. The first-order valence-electron chi connectivity index (χ1n) is 9.87. The van der Waals surface area contributed by atoms with Gasteiger partial charge in [0, 0.05) is 0 Å². The van der Waals surface area contributed by atoms with Gasteiger partial charge in [0.05, 0.1) is 31.2 Å². The van der Waals surface area contributed by atoms with Gasteiger partial charge in [-0.15, -0.1) is 0 Å². The summed E-state index contributed by atoms with van der Waals surface area (Å²) >= 11 is 37.0. The van der Waals surface area contributed by atoms with Crippen molar-refractivity contribution in [3.8, 4) is 5.75 Å². The zero-order chi connectivity index (χ0) is 35.0. The van der Waals surface area contributed by atoms with E-state index in [4.69, 9.17) is 14.6 Å². The molecule has 0 amide bonds. The summed E-state index contributed by atoms with van der Waals surface area (Å²) in [4.78, 5) is 29.3. The smallest absolute Gasteiger partial charge is 0.338 e. The zero-order valence-corrected chi connectivity index (χ0v) is 65.2. The normalized spacial score (nSPS) is 13.0. The molecule has 0 fully saturated rings. The molecule has 0 aliphatic carbocycles. The maximum atomic E-state index is 12.6. The topological polar surface area (TPSA) is 98.6 Å². The SMILES string of the molecule is CCOC(=O)c1cc(Br)ncc1OCC.I[I-]I(I)I(I)I(I)I(I)I(I)I(I)I(I)I(I)I.O=C(O)c1cc(Br)ncc1F. The van der Waals surface area contributed by atoms with Crippen molar-refractivity contribution in [2.75, 3.05) is 13.2 Å². The van der Waals surface area contributed by atoms with Crippen LogP contribution in [0.5, 0.6) is 5.75 Å². The van der Waals surface area contributed by atoms with Crippen molar-refractivity contribution in [2.45, 2.75) is 13.8 Å². The average molecular weight is 2910 g/mol. The number of nitrogens with zero attached hydrogens (tertiary/aromatic N) is 2. The molecule has 45 heavy (non-hydrogen) atoms. The Hall–Kier alpha value is 11.8. The number of ether oxygens (including phenoxy) is 2. The molecule has 0 bridgehead atoms. The van der Waals surface area contributed by atoms with Gasteiger partial charge in [0.25, 0.3) is 0 Å². The van der Waals surface area contributed by atoms with Crippen LogP contribution < -0.4 is 18.0 Å². The van der Waals surface area contributed by atoms with Crippen LogP contribution in [-0.2, 0) is 4.74 Å². The van der Waals surface area contributed by atoms with Crippen molar-refractivity contribution in [3.05, 3.63) is 50.7 Å². The molecule has 0 aromatic carbocycles. The van der Waals surface area contributed by atoms with Crippen molar-refractivity contribution in [1.29, 1.82) is 0 Å². The van der Waals surface area contributed by atoms with Crippen LogP contribution in [0.3, 0.4) is 0 Å². The molecule has 0 saturated heterocycles. The Morgan fingerprint density at radius 3 is 1.71 bits per heavy atom. The molecule has 2 heterocycles. The van der Waals surface area contributed by atoms with Gasteiger partial charge in [0.1, 0.15) is 14.8 Å². The van der Waals surface area contributed by atoms with Crippen molar-refractivity contribution >= 4 is 293 Å². The van der Waals surface area contributed by atoms with E-state index in [-0.39, 0.29) is 60.8 Å². The van der Waals surface area contributed by atoms with Crippen molar-refractivity contribution < 1.29 is 41.8 Å². The van der Waals surface area contributed by atoms with Crippen LogP contribution in [0.1, 0.15) is 34.6 Å². The number of aromatic carboxylic acids is 1. The summed E-state index contributed by atoms with van der Waals surface area (Å²) in [7, 11) is -2.98. The summed E-state index contributed by atoms with van der Waals surface area (Å²) in [5, 5.41) is 8.40. The molecular formula is C16H15Br2FI19N2O5-. The summed E-state index contributed by atoms with van der Waals surface area (Å²) in [5.41, 5.74) is 0.00690. The van der Waals surface area contributed by atoms with E-state index >= 15 is 0 Å². The molecule has 274 valence electrons. The Morgan fingerprint density at radius 2 is 1.29 bits per heavy atom. The number of rotatable bonds is 13. The van der Waals surface area contributed by atoms with E-state index in [0.717, 1.165) is 12.3 Å². The first-order chi connectivity index (χ1) is 20.9. The van der Waals surface area contributed by atoms with E-state index in [2.05, 4.69) is 228 Å². The minimum Gasteiger partial charge on any atom is -0.478 e. The number of hydrogen-bond donors (Lipinski definition) is 1.